The summed E-state index contributed by atoms with van der Waals surface area (Å²) in [5.74, 6) is 0.301. The van der Waals surface area contributed by atoms with E-state index in [9.17, 15) is 4.39 Å². The summed E-state index contributed by atoms with van der Waals surface area (Å²) >= 11 is 0. The molecule has 2 heteroatoms. The first kappa shape index (κ1) is 10.3. The molecule has 1 unspecified atom stereocenters. The normalized spacial score (nSPS) is 26.2. The maximum Gasteiger partial charge on any atom is 0.123 e. The minimum atomic E-state index is -0.158. The summed E-state index contributed by atoms with van der Waals surface area (Å²) in [6, 6.07) is 6.92. The van der Waals surface area contributed by atoms with Gasteiger partial charge in [0.1, 0.15) is 5.82 Å². The third-order valence-electron chi connectivity index (χ3n) is 4.77. The van der Waals surface area contributed by atoms with Gasteiger partial charge in [0.15, 0.2) is 0 Å². The Bertz CT molecular complexity index is 401. The Morgan fingerprint density at radius 3 is 2.12 bits per heavy atom. The third-order valence-corrected chi connectivity index (χ3v) is 4.77. The van der Waals surface area contributed by atoms with E-state index < -0.39 is 0 Å². The molecule has 1 atom stereocenters. The van der Waals surface area contributed by atoms with Crippen molar-refractivity contribution in [2.75, 3.05) is 0 Å². The van der Waals surface area contributed by atoms with Crippen LogP contribution in [0.2, 0.25) is 0 Å². The molecule has 2 fully saturated rings. The molecule has 2 N–H and O–H groups in total. The van der Waals surface area contributed by atoms with E-state index in [4.69, 9.17) is 5.73 Å². The number of rotatable bonds is 3. The van der Waals surface area contributed by atoms with Crippen molar-refractivity contribution >= 4 is 0 Å². The molecule has 1 aromatic carbocycles. The summed E-state index contributed by atoms with van der Waals surface area (Å²) in [6.45, 7) is 2.24. The van der Waals surface area contributed by atoms with E-state index in [0.717, 1.165) is 0 Å². The van der Waals surface area contributed by atoms with Gasteiger partial charge < -0.3 is 5.73 Å². The molecule has 86 valence electrons. The molecule has 0 aromatic heterocycles. The SMILES string of the molecule is CC(c1ccc(F)cc1)C1(C2(N)CC2)CC1. The first-order chi connectivity index (χ1) is 7.57. The quantitative estimate of drug-likeness (QED) is 0.830. The summed E-state index contributed by atoms with van der Waals surface area (Å²) in [5, 5.41) is 0. The van der Waals surface area contributed by atoms with Crippen LogP contribution in [-0.2, 0) is 0 Å². The van der Waals surface area contributed by atoms with Crippen molar-refractivity contribution in [1.82, 2.24) is 0 Å². The van der Waals surface area contributed by atoms with Crippen LogP contribution in [0.1, 0.15) is 44.1 Å². The lowest BCUT2D eigenvalue weighted by atomic mass is 9.78. The van der Waals surface area contributed by atoms with Gasteiger partial charge in [0, 0.05) is 5.54 Å². The molecule has 1 aromatic rings. The zero-order valence-electron chi connectivity index (χ0n) is 9.67. The highest BCUT2D eigenvalue weighted by Crippen LogP contribution is 2.68. The van der Waals surface area contributed by atoms with Gasteiger partial charge in [0.25, 0.3) is 0 Å². The molecular formula is C14H18FN. The Kier molecular flexibility index (Phi) is 1.97. The first-order valence-corrected chi connectivity index (χ1v) is 6.12. The predicted octanol–water partition coefficient (Wildman–Crippen LogP) is 3.20. The number of hydrogen-bond donors (Lipinski definition) is 1. The molecule has 2 aliphatic carbocycles. The Morgan fingerprint density at radius 2 is 1.69 bits per heavy atom. The highest BCUT2D eigenvalue weighted by Gasteiger charge is 2.65. The highest BCUT2D eigenvalue weighted by molar-refractivity contribution is 5.31. The zero-order chi connectivity index (χ0) is 11.4. The minimum absolute atomic E-state index is 0.0841. The van der Waals surface area contributed by atoms with Gasteiger partial charge in [0.05, 0.1) is 0 Å². The zero-order valence-corrected chi connectivity index (χ0v) is 9.67. The summed E-state index contributed by atoms with van der Waals surface area (Å²) in [6.07, 6.45) is 4.81. The van der Waals surface area contributed by atoms with E-state index in [2.05, 4.69) is 6.92 Å². The second-order valence-electron chi connectivity index (χ2n) is 5.59. The van der Waals surface area contributed by atoms with E-state index in [1.807, 2.05) is 12.1 Å². The summed E-state index contributed by atoms with van der Waals surface area (Å²) in [7, 11) is 0. The molecule has 3 rings (SSSR count). The summed E-state index contributed by atoms with van der Waals surface area (Å²) in [5.41, 5.74) is 8.01. The Labute approximate surface area is 95.8 Å². The molecule has 0 amide bonds. The summed E-state index contributed by atoms with van der Waals surface area (Å²) < 4.78 is 12.9. The van der Waals surface area contributed by atoms with Crippen LogP contribution in [0, 0.1) is 11.2 Å². The molecule has 0 saturated heterocycles. The molecule has 0 radical (unpaired) electrons. The third kappa shape index (κ3) is 1.32. The molecule has 0 spiro atoms. The Hall–Kier alpha value is -0.890. The first-order valence-electron chi connectivity index (χ1n) is 6.12. The van der Waals surface area contributed by atoms with Crippen molar-refractivity contribution in [3.63, 3.8) is 0 Å². The van der Waals surface area contributed by atoms with Crippen LogP contribution in [-0.4, -0.2) is 5.54 Å². The average Bonchev–Trinajstić information content (AvgIpc) is 3.13. The van der Waals surface area contributed by atoms with Gasteiger partial charge in [-0.15, -0.1) is 0 Å². The van der Waals surface area contributed by atoms with E-state index in [1.165, 1.54) is 31.2 Å². The average molecular weight is 219 g/mol. The fourth-order valence-corrected chi connectivity index (χ4v) is 3.20. The largest absolute Gasteiger partial charge is 0.325 e. The smallest absolute Gasteiger partial charge is 0.123 e. The lowest BCUT2D eigenvalue weighted by molar-refractivity contribution is 0.321. The van der Waals surface area contributed by atoms with Crippen LogP contribution in [0.25, 0.3) is 0 Å². The van der Waals surface area contributed by atoms with Gasteiger partial charge >= 0.3 is 0 Å². The predicted molar refractivity (Wildman–Crippen MR) is 62.6 cm³/mol. The van der Waals surface area contributed by atoms with Crippen LogP contribution in [0.5, 0.6) is 0 Å². The van der Waals surface area contributed by atoms with Crippen molar-refractivity contribution in [2.24, 2.45) is 11.1 Å². The van der Waals surface area contributed by atoms with Gasteiger partial charge in [-0.1, -0.05) is 19.1 Å². The number of benzene rings is 1. The fourth-order valence-electron chi connectivity index (χ4n) is 3.20. The number of halogens is 1. The highest BCUT2D eigenvalue weighted by atomic mass is 19.1. The molecule has 16 heavy (non-hydrogen) atoms. The van der Waals surface area contributed by atoms with Crippen molar-refractivity contribution in [2.45, 2.75) is 44.1 Å². The minimum Gasteiger partial charge on any atom is -0.325 e. The van der Waals surface area contributed by atoms with Gasteiger partial charge in [0.2, 0.25) is 0 Å². The maximum absolute atomic E-state index is 12.9. The van der Waals surface area contributed by atoms with Crippen molar-refractivity contribution in [3.8, 4) is 0 Å². The molecule has 2 aliphatic rings. The van der Waals surface area contributed by atoms with Crippen molar-refractivity contribution in [1.29, 1.82) is 0 Å². The molecular weight excluding hydrogens is 201 g/mol. The summed E-state index contributed by atoms with van der Waals surface area (Å²) in [4.78, 5) is 0. The number of hydrogen-bond acceptors (Lipinski definition) is 1. The van der Waals surface area contributed by atoms with Gasteiger partial charge in [-0.25, -0.2) is 4.39 Å². The van der Waals surface area contributed by atoms with E-state index in [1.54, 1.807) is 12.1 Å². The maximum atomic E-state index is 12.9. The van der Waals surface area contributed by atoms with Crippen LogP contribution in [0.3, 0.4) is 0 Å². The molecule has 0 heterocycles. The molecule has 0 bridgehead atoms. The fraction of sp³-hybridized carbons (Fsp3) is 0.571. The van der Waals surface area contributed by atoms with Crippen LogP contribution in [0.15, 0.2) is 24.3 Å². The van der Waals surface area contributed by atoms with Gasteiger partial charge in [-0.05, 0) is 54.7 Å². The topological polar surface area (TPSA) is 26.0 Å². The lowest BCUT2D eigenvalue weighted by Gasteiger charge is -2.30. The van der Waals surface area contributed by atoms with Crippen molar-refractivity contribution in [3.05, 3.63) is 35.6 Å². The van der Waals surface area contributed by atoms with Crippen LogP contribution < -0.4 is 5.73 Å². The van der Waals surface area contributed by atoms with E-state index in [-0.39, 0.29) is 11.4 Å². The second-order valence-corrected chi connectivity index (χ2v) is 5.59. The molecule has 0 aliphatic heterocycles. The lowest BCUT2D eigenvalue weighted by Crippen LogP contribution is -2.37. The Balaban J connectivity index is 1.88. The number of nitrogens with two attached hydrogens (primary N) is 1. The molecule has 2 saturated carbocycles. The monoisotopic (exact) mass is 219 g/mol. The Morgan fingerprint density at radius 1 is 1.12 bits per heavy atom. The standard InChI is InChI=1S/C14H18FN/c1-10(11-2-4-12(15)5-3-11)13(6-7-13)14(16)8-9-14/h2-5,10H,6-9,16H2,1H3. The van der Waals surface area contributed by atoms with Gasteiger partial charge in [-0.2, -0.15) is 0 Å². The molecule has 1 nitrogen and oxygen atoms in total. The van der Waals surface area contributed by atoms with E-state index >= 15 is 0 Å². The van der Waals surface area contributed by atoms with Gasteiger partial charge in [-0.3, -0.25) is 0 Å². The van der Waals surface area contributed by atoms with Crippen LogP contribution >= 0.6 is 0 Å². The van der Waals surface area contributed by atoms with Crippen LogP contribution in [0.4, 0.5) is 4.39 Å². The van der Waals surface area contributed by atoms with E-state index in [0.29, 0.717) is 11.3 Å². The second kappa shape index (κ2) is 3.07. The van der Waals surface area contributed by atoms with Crippen molar-refractivity contribution < 1.29 is 4.39 Å².